The van der Waals surface area contributed by atoms with E-state index >= 15 is 0 Å². The molecule has 0 fully saturated rings. The van der Waals surface area contributed by atoms with E-state index in [1.807, 2.05) is 42.5 Å². The molecule has 24 heavy (non-hydrogen) atoms. The number of hydrogen-bond donors (Lipinski definition) is 2. The molecule has 1 aromatic heterocycles. The van der Waals surface area contributed by atoms with Crippen LogP contribution in [0.3, 0.4) is 0 Å². The predicted molar refractivity (Wildman–Crippen MR) is 93.0 cm³/mol. The maximum absolute atomic E-state index is 12.6. The summed E-state index contributed by atoms with van der Waals surface area (Å²) in [5.74, 6) is -0.743. The van der Waals surface area contributed by atoms with E-state index in [0.29, 0.717) is 6.42 Å². The van der Waals surface area contributed by atoms with E-state index in [2.05, 4.69) is 15.0 Å². The molecule has 0 saturated heterocycles. The summed E-state index contributed by atoms with van der Waals surface area (Å²) in [4.78, 5) is 16.7. The van der Waals surface area contributed by atoms with Crippen molar-refractivity contribution in [1.29, 1.82) is 0 Å². The van der Waals surface area contributed by atoms with E-state index in [1.54, 1.807) is 12.4 Å². The fourth-order valence-electron chi connectivity index (χ4n) is 2.34. The Morgan fingerprint density at radius 2 is 1.92 bits per heavy atom. The van der Waals surface area contributed by atoms with Crippen LogP contribution < -0.4 is 10.0 Å². The van der Waals surface area contributed by atoms with Crippen LogP contribution in [0.1, 0.15) is 17.0 Å². The number of carbonyl (C=O) groups is 1. The number of benzene rings is 1. The van der Waals surface area contributed by atoms with Gasteiger partial charge in [-0.15, -0.1) is 0 Å². The molecule has 0 radical (unpaired) electrons. The molecule has 2 N–H and O–H groups in total. The Kier molecular flexibility index (Phi) is 6.45. The molecule has 1 heterocycles. The molecule has 1 atom stereocenters. The first-order chi connectivity index (χ1) is 11.5. The van der Waals surface area contributed by atoms with Crippen LogP contribution in [0.2, 0.25) is 0 Å². The van der Waals surface area contributed by atoms with Gasteiger partial charge in [-0.3, -0.25) is 9.78 Å². The van der Waals surface area contributed by atoms with Crippen molar-refractivity contribution < 1.29 is 13.2 Å². The van der Waals surface area contributed by atoms with E-state index in [9.17, 15) is 13.2 Å². The molecule has 0 aliphatic heterocycles. The molecular weight excluding hydrogens is 326 g/mol. The standard InChI is InChI=1S/C17H21N3O3S/c1-18-24(22,23)11-10-20-17(21)16(15-7-3-2-4-8-15)12-14-6-5-9-19-13-14/h2-9,13,16,18H,10-12H2,1H3,(H,20,21). The normalized spacial score (nSPS) is 12.5. The topological polar surface area (TPSA) is 88.2 Å². The van der Waals surface area contributed by atoms with Crippen LogP contribution in [-0.2, 0) is 21.2 Å². The average Bonchev–Trinajstić information content (AvgIpc) is 2.61. The minimum Gasteiger partial charge on any atom is -0.354 e. The van der Waals surface area contributed by atoms with Gasteiger partial charge in [0.05, 0.1) is 11.7 Å². The first kappa shape index (κ1) is 18.1. The highest BCUT2D eigenvalue weighted by Crippen LogP contribution is 2.20. The molecule has 0 bridgehead atoms. The number of nitrogens with zero attached hydrogens (tertiary/aromatic N) is 1. The monoisotopic (exact) mass is 347 g/mol. The third kappa shape index (κ3) is 5.43. The molecule has 6 nitrogen and oxygen atoms in total. The average molecular weight is 347 g/mol. The van der Waals surface area contributed by atoms with E-state index in [-0.39, 0.29) is 18.2 Å². The van der Waals surface area contributed by atoms with Gasteiger partial charge in [-0.05, 0) is 30.7 Å². The second-order valence-corrected chi connectivity index (χ2v) is 7.39. The van der Waals surface area contributed by atoms with Crippen LogP contribution in [0, 0.1) is 0 Å². The summed E-state index contributed by atoms with van der Waals surface area (Å²) < 4.78 is 25.1. The lowest BCUT2D eigenvalue weighted by Crippen LogP contribution is -2.36. The highest BCUT2D eigenvalue weighted by molar-refractivity contribution is 7.89. The van der Waals surface area contributed by atoms with Crippen molar-refractivity contribution >= 4 is 15.9 Å². The van der Waals surface area contributed by atoms with E-state index in [0.717, 1.165) is 11.1 Å². The van der Waals surface area contributed by atoms with Gasteiger partial charge in [0.25, 0.3) is 0 Å². The fraction of sp³-hybridized carbons (Fsp3) is 0.294. The van der Waals surface area contributed by atoms with Crippen molar-refractivity contribution in [3.63, 3.8) is 0 Å². The van der Waals surface area contributed by atoms with Gasteiger partial charge in [0, 0.05) is 18.9 Å². The first-order valence-corrected chi connectivity index (χ1v) is 9.30. The van der Waals surface area contributed by atoms with Crippen LogP contribution in [-0.4, -0.2) is 38.7 Å². The Bertz CT molecular complexity index is 749. The molecule has 0 spiro atoms. The molecule has 0 aliphatic carbocycles. The summed E-state index contributed by atoms with van der Waals surface area (Å²) in [6.45, 7) is 0.0678. The van der Waals surface area contributed by atoms with Gasteiger partial charge in [-0.2, -0.15) is 0 Å². The number of rotatable bonds is 8. The second kappa shape index (κ2) is 8.56. The van der Waals surface area contributed by atoms with Gasteiger partial charge in [-0.25, -0.2) is 13.1 Å². The van der Waals surface area contributed by atoms with Crippen LogP contribution in [0.15, 0.2) is 54.9 Å². The molecule has 2 rings (SSSR count). The fourth-order valence-corrected chi connectivity index (χ4v) is 2.91. The largest absolute Gasteiger partial charge is 0.354 e. The minimum atomic E-state index is -3.34. The maximum Gasteiger partial charge on any atom is 0.227 e. The Labute approximate surface area is 142 Å². The van der Waals surface area contributed by atoms with E-state index in [1.165, 1.54) is 7.05 Å². The van der Waals surface area contributed by atoms with Crippen LogP contribution >= 0.6 is 0 Å². The van der Waals surface area contributed by atoms with Gasteiger partial charge in [0.2, 0.25) is 15.9 Å². The summed E-state index contributed by atoms with van der Waals surface area (Å²) in [6, 6.07) is 13.2. The number of hydrogen-bond acceptors (Lipinski definition) is 4. The smallest absolute Gasteiger partial charge is 0.227 e. The van der Waals surface area contributed by atoms with Gasteiger partial charge in [-0.1, -0.05) is 36.4 Å². The van der Waals surface area contributed by atoms with Crippen LogP contribution in [0.4, 0.5) is 0 Å². The third-order valence-corrected chi connectivity index (χ3v) is 5.03. The number of aromatic nitrogens is 1. The molecule has 1 unspecified atom stereocenters. The van der Waals surface area contributed by atoms with Crippen molar-refractivity contribution in [3.8, 4) is 0 Å². The molecule has 2 aromatic rings. The summed E-state index contributed by atoms with van der Waals surface area (Å²) >= 11 is 0. The number of pyridine rings is 1. The quantitative estimate of drug-likeness (QED) is 0.748. The third-order valence-electron chi connectivity index (χ3n) is 3.66. The van der Waals surface area contributed by atoms with E-state index in [4.69, 9.17) is 0 Å². The van der Waals surface area contributed by atoms with Crippen molar-refractivity contribution in [2.45, 2.75) is 12.3 Å². The Hall–Kier alpha value is -2.25. The maximum atomic E-state index is 12.6. The number of amides is 1. The Balaban J connectivity index is 2.09. The SMILES string of the molecule is CNS(=O)(=O)CCNC(=O)C(Cc1cccnc1)c1ccccc1. The first-order valence-electron chi connectivity index (χ1n) is 7.64. The summed E-state index contributed by atoms with van der Waals surface area (Å²) in [7, 11) is -1.99. The Morgan fingerprint density at radius 1 is 1.17 bits per heavy atom. The number of nitrogens with one attached hydrogen (secondary N) is 2. The van der Waals surface area contributed by atoms with Crippen LogP contribution in [0.5, 0.6) is 0 Å². The van der Waals surface area contributed by atoms with Crippen molar-refractivity contribution in [2.75, 3.05) is 19.3 Å². The lowest BCUT2D eigenvalue weighted by Gasteiger charge is -2.17. The summed E-state index contributed by atoms with van der Waals surface area (Å²) in [5.41, 5.74) is 1.83. The predicted octanol–water partition coefficient (Wildman–Crippen LogP) is 1.07. The lowest BCUT2D eigenvalue weighted by atomic mass is 9.92. The van der Waals surface area contributed by atoms with Gasteiger partial charge in [0.15, 0.2) is 0 Å². The van der Waals surface area contributed by atoms with Crippen molar-refractivity contribution in [2.24, 2.45) is 0 Å². The molecule has 7 heteroatoms. The summed E-state index contributed by atoms with van der Waals surface area (Å²) in [6.07, 6.45) is 3.92. The lowest BCUT2D eigenvalue weighted by molar-refractivity contribution is -0.122. The summed E-state index contributed by atoms with van der Waals surface area (Å²) in [5, 5.41) is 2.71. The zero-order valence-corrected chi connectivity index (χ0v) is 14.3. The molecule has 1 amide bonds. The van der Waals surface area contributed by atoms with Crippen molar-refractivity contribution in [3.05, 3.63) is 66.0 Å². The van der Waals surface area contributed by atoms with Gasteiger partial charge in [0.1, 0.15) is 0 Å². The number of sulfonamides is 1. The number of carbonyl (C=O) groups excluding carboxylic acids is 1. The van der Waals surface area contributed by atoms with Gasteiger partial charge >= 0.3 is 0 Å². The van der Waals surface area contributed by atoms with Crippen LogP contribution in [0.25, 0.3) is 0 Å². The second-order valence-electron chi connectivity index (χ2n) is 5.34. The van der Waals surface area contributed by atoms with E-state index < -0.39 is 15.9 Å². The van der Waals surface area contributed by atoms with Crippen molar-refractivity contribution in [1.82, 2.24) is 15.0 Å². The highest BCUT2D eigenvalue weighted by Gasteiger charge is 2.21. The molecule has 0 saturated carbocycles. The minimum absolute atomic E-state index is 0.0678. The Morgan fingerprint density at radius 3 is 2.54 bits per heavy atom. The van der Waals surface area contributed by atoms with Gasteiger partial charge < -0.3 is 5.32 Å². The molecule has 128 valence electrons. The molecule has 0 aliphatic rings. The zero-order valence-electron chi connectivity index (χ0n) is 13.5. The molecular formula is C17H21N3O3S. The molecule has 1 aromatic carbocycles. The zero-order chi connectivity index (χ0) is 17.4. The highest BCUT2D eigenvalue weighted by atomic mass is 32.2.